The minimum Gasteiger partial charge on any atom is -0.356 e. The summed E-state index contributed by atoms with van der Waals surface area (Å²) >= 11 is 9.80. The van der Waals surface area contributed by atoms with Crippen LogP contribution < -0.4 is 20.0 Å². The Morgan fingerprint density at radius 2 is 0.873 bits per heavy atom. The van der Waals surface area contributed by atoms with Gasteiger partial charge in [-0.2, -0.15) is 0 Å². The Kier molecular flexibility index (Phi) is 12.9. The summed E-state index contributed by atoms with van der Waals surface area (Å²) in [6.07, 6.45) is 9.34. The normalized spacial score (nSPS) is 22.1. The number of anilines is 3. The van der Waals surface area contributed by atoms with Crippen LogP contribution in [-0.2, 0) is 0 Å². The predicted octanol–water partition coefficient (Wildman–Crippen LogP) is 5.31. The second-order valence-corrected chi connectivity index (χ2v) is 17.4. The number of aliphatic imine (C=N–C) groups is 4. The van der Waals surface area contributed by atoms with Crippen LogP contribution in [0.3, 0.4) is 0 Å². The molecule has 0 bridgehead atoms. The van der Waals surface area contributed by atoms with Gasteiger partial charge in [0, 0.05) is 121 Å². The Hall–Kier alpha value is -3.18. The second-order valence-electron chi connectivity index (χ2n) is 14.9. The summed E-state index contributed by atoms with van der Waals surface area (Å²) in [7, 11) is 0. The number of rotatable bonds is 3. The molecule has 4 fully saturated rings. The average molecular weight is 946 g/mol. The highest BCUT2D eigenvalue weighted by molar-refractivity contribution is 9.11. The molecule has 4 saturated heterocycles. The molecular formula is C38H53Br3N14. The first-order valence-electron chi connectivity index (χ1n) is 20.2. The first-order chi connectivity index (χ1) is 27.0. The fourth-order valence-electron chi connectivity index (χ4n) is 8.43. The van der Waals surface area contributed by atoms with Crippen LogP contribution in [0.2, 0.25) is 0 Å². The maximum atomic E-state index is 5.32. The van der Waals surface area contributed by atoms with Crippen LogP contribution in [0.5, 0.6) is 0 Å². The third kappa shape index (κ3) is 9.35. The van der Waals surface area contributed by atoms with E-state index in [0.29, 0.717) is 0 Å². The largest absolute Gasteiger partial charge is 0.356 e. The highest BCUT2D eigenvalue weighted by Crippen LogP contribution is 2.33. The summed E-state index contributed by atoms with van der Waals surface area (Å²) in [4.78, 5) is 45.5. The number of nitrogens with one attached hydrogen (secondary N) is 1. The number of nitrogens with zero attached hydrogens (tertiary/aromatic N) is 13. The van der Waals surface area contributed by atoms with Crippen molar-refractivity contribution in [1.29, 1.82) is 0 Å². The van der Waals surface area contributed by atoms with Gasteiger partial charge < -0.3 is 29.8 Å². The minimum atomic E-state index is 0.823. The molecule has 1 N–H and O–H groups in total. The minimum absolute atomic E-state index is 0.823. The molecular weight excluding hydrogens is 892 g/mol. The lowest BCUT2D eigenvalue weighted by Crippen LogP contribution is -2.54. The van der Waals surface area contributed by atoms with E-state index < -0.39 is 0 Å². The van der Waals surface area contributed by atoms with Crippen molar-refractivity contribution in [3.63, 3.8) is 0 Å². The Labute approximate surface area is 350 Å². The standard InChI is InChI=1S/C26H38N10.C7H13N3.C5H2Br3N/c1-7-27-24-31(10-1)13-4-16-34(24)21-19-22(35-17-5-14-32-11-2-8-28-25(32)35)30-23(20-21)36-18-6-15-33-12-3-9-29-26(33)36;1-3-8-7-9-4-2-6-10(7)5-1;6-3-1-4(7)9-5(8)2-3/h19-20H,1-18H2;1-6H2,(H,8,9);1-2H. The summed E-state index contributed by atoms with van der Waals surface area (Å²) in [5.74, 6) is 6.51. The van der Waals surface area contributed by atoms with Crippen molar-refractivity contribution >= 4 is 89.0 Å². The molecule has 0 aliphatic carbocycles. The molecule has 14 nitrogen and oxygen atoms in total. The van der Waals surface area contributed by atoms with Crippen molar-refractivity contribution in [2.45, 2.75) is 51.4 Å². The van der Waals surface area contributed by atoms with Gasteiger partial charge in [-0.1, -0.05) is 15.9 Å². The third-order valence-corrected chi connectivity index (χ3v) is 12.2. The number of aromatic nitrogens is 2. The van der Waals surface area contributed by atoms with Crippen molar-refractivity contribution in [2.75, 3.05) is 119 Å². The van der Waals surface area contributed by atoms with Crippen LogP contribution in [0.1, 0.15) is 51.4 Å². The lowest BCUT2D eigenvalue weighted by molar-refractivity contribution is 0.346. The molecule has 0 radical (unpaired) electrons. The Morgan fingerprint density at radius 3 is 1.38 bits per heavy atom. The van der Waals surface area contributed by atoms with E-state index in [9.17, 15) is 0 Å². The highest BCUT2D eigenvalue weighted by atomic mass is 79.9. The molecule has 55 heavy (non-hydrogen) atoms. The summed E-state index contributed by atoms with van der Waals surface area (Å²) in [6.45, 7) is 16.8. The molecule has 2 aromatic heterocycles. The molecule has 0 atom stereocenters. The van der Waals surface area contributed by atoms with E-state index in [1.54, 1.807) is 0 Å². The lowest BCUT2D eigenvalue weighted by Gasteiger charge is -2.44. The SMILES string of the molecule is Brc1cc(Br)nc(Br)c1.C1CN=C2NCCCN2C1.c1c(N2CCCN3CCCN=C32)cc(N2CCCN3CCCN=C32)nc1N1CCCN2CCCN=C21. The van der Waals surface area contributed by atoms with Gasteiger partial charge in [-0.15, -0.1) is 0 Å². The number of fused-ring (bicyclic) bond motifs is 4. The molecule has 0 unspecified atom stereocenters. The van der Waals surface area contributed by atoms with Gasteiger partial charge >= 0.3 is 0 Å². The number of pyridine rings is 2. The van der Waals surface area contributed by atoms with Gasteiger partial charge in [-0.05, 0) is 95.4 Å². The predicted molar refractivity (Wildman–Crippen MR) is 234 cm³/mol. The second kappa shape index (κ2) is 18.4. The van der Waals surface area contributed by atoms with Gasteiger partial charge in [0.05, 0.1) is 5.69 Å². The number of guanidine groups is 4. The molecule has 2 aromatic rings. The molecule has 8 aliphatic rings. The van der Waals surface area contributed by atoms with Gasteiger partial charge in [0.2, 0.25) is 17.9 Å². The van der Waals surface area contributed by atoms with E-state index in [1.165, 1.54) is 31.6 Å². The summed E-state index contributed by atoms with van der Waals surface area (Å²) in [6, 6.07) is 8.33. The van der Waals surface area contributed by atoms with Gasteiger partial charge in [-0.25, -0.2) is 9.97 Å². The summed E-state index contributed by atoms with van der Waals surface area (Å²) in [5.41, 5.74) is 1.20. The molecule has 0 saturated carbocycles. The molecule has 8 aliphatic heterocycles. The van der Waals surface area contributed by atoms with Crippen molar-refractivity contribution < 1.29 is 0 Å². The molecule has 0 aromatic carbocycles. The topological polar surface area (TPSA) is 110 Å². The quantitative estimate of drug-likeness (QED) is 0.408. The van der Waals surface area contributed by atoms with Crippen molar-refractivity contribution in [1.82, 2.24) is 34.9 Å². The van der Waals surface area contributed by atoms with Crippen LogP contribution in [0.25, 0.3) is 0 Å². The molecule has 296 valence electrons. The average Bonchev–Trinajstić information content (AvgIpc) is 3.23. The summed E-state index contributed by atoms with van der Waals surface area (Å²) in [5, 5.41) is 3.30. The van der Waals surface area contributed by atoms with Crippen molar-refractivity contribution in [3.8, 4) is 0 Å². The monoisotopic (exact) mass is 942 g/mol. The van der Waals surface area contributed by atoms with E-state index in [2.05, 4.69) is 110 Å². The molecule has 17 heteroatoms. The number of hydrogen-bond donors (Lipinski definition) is 1. The highest BCUT2D eigenvalue weighted by Gasteiger charge is 2.33. The van der Waals surface area contributed by atoms with E-state index >= 15 is 0 Å². The van der Waals surface area contributed by atoms with Gasteiger partial charge in [0.15, 0.2) is 5.96 Å². The molecule has 0 spiro atoms. The third-order valence-electron chi connectivity index (χ3n) is 10.9. The molecule has 10 rings (SSSR count). The van der Waals surface area contributed by atoms with E-state index in [0.717, 1.165) is 179 Å². The maximum absolute atomic E-state index is 5.32. The molecule has 0 amide bonds. The van der Waals surface area contributed by atoms with Crippen molar-refractivity contribution in [2.24, 2.45) is 20.0 Å². The molecule has 10 heterocycles. The first kappa shape index (κ1) is 38.7. The lowest BCUT2D eigenvalue weighted by atomic mass is 10.2. The Morgan fingerprint density at radius 1 is 0.436 bits per heavy atom. The smallest absolute Gasteiger partial charge is 0.202 e. The van der Waals surface area contributed by atoms with Crippen LogP contribution in [0.15, 0.2) is 57.9 Å². The van der Waals surface area contributed by atoms with Gasteiger partial charge in [-0.3, -0.25) is 29.8 Å². The van der Waals surface area contributed by atoms with Crippen LogP contribution in [0.4, 0.5) is 17.3 Å². The fourth-order valence-corrected chi connectivity index (χ4v) is 10.6. The van der Waals surface area contributed by atoms with Crippen LogP contribution in [0, 0.1) is 0 Å². The van der Waals surface area contributed by atoms with Crippen LogP contribution in [-0.4, -0.2) is 158 Å². The van der Waals surface area contributed by atoms with E-state index in [1.807, 2.05) is 12.1 Å². The van der Waals surface area contributed by atoms with Gasteiger partial charge in [0.25, 0.3) is 0 Å². The summed E-state index contributed by atoms with van der Waals surface area (Å²) < 4.78 is 2.66. The first-order valence-corrected chi connectivity index (χ1v) is 22.6. The number of hydrogen-bond acceptors (Lipinski definition) is 14. The Balaban J connectivity index is 0.000000183. The number of halogens is 3. The van der Waals surface area contributed by atoms with Crippen molar-refractivity contribution in [3.05, 3.63) is 37.9 Å². The zero-order valence-electron chi connectivity index (χ0n) is 31.7. The fraction of sp³-hybridized carbons (Fsp3) is 0.632. The Bertz CT molecular complexity index is 1590. The zero-order valence-corrected chi connectivity index (χ0v) is 36.5. The van der Waals surface area contributed by atoms with E-state index in [-0.39, 0.29) is 0 Å². The van der Waals surface area contributed by atoms with Crippen LogP contribution >= 0.6 is 47.8 Å². The van der Waals surface area contributed by atoms with E-state index in [4.69, 9.17) is 20.0 Å². The maximum Gasteiger partial charge on any atom is 0.202 e. The zero-order chi connectivity index (χ0) is 37.6. The van der Waals surface area contributed by atoms with Gasteiger partial charge in [0.1, 0.15) is 20.8 Å².